The standard InChI is InChI=1S/C14H19NO2/c1-5-6-7-12(15-2)11-8-9-13(16-3)14(10-11)17-4/h1,8-10,12,15H,6-7H2,2-4H3. The molecule has 1 aromatic rings. The maximum atomic E-state index is 5.29. The Balaban J connectivity index is 2.93. The number of hydrogen-bond donors (Lipinski definition) is 1. The highest BCUT2D eigenvalue weighted by atomic mass is 16.5. The van der Waals surface area contributed by atoms with Crippen LogP contribution in [-0.2, 0) is 0 Å². The average Bonchev–Trinajstić information content (AvgIpc) is 2.39. The van der Waals surface area contributed by atoms with Crippen LogP contribution in [0.4, 0.5) is 0 Å². The van der Waals surface area contributed by atoms with Gasteiger partial charge < -0.3 is 14.8 Å². The number of hydrogen-bond acceptors (Lipinski definition) is 3. The lowest BCUT2D eigenvalue weighted by Crippen LogP contribution is -2.16. The van der Waals surface area contributed by atoms with Gasteiger partial charge in [0.15, 0.2) is 11.5 Å². The van der Waals surface area contributed by atoms with Crippen LogP contribution in [0.1, 0.15) is 24.4 Å². The molecular formula is C14H19NO2. The number of nitrogens with one attached hydrogen (secondary N) is 1. The summed E-state index contributed by atoms with van der Waals surface area (Å²) < 4.78 is 10.5. The molecule has 17 heavy (non-hydrogen) atoms. The van der Waals surface area contributed by atoms with Gasteiger partial charge in [-0.2, -0.15) is 0 Å². The van der Waals surface area contributed by atoms with Crippen molar-refractivity contribution < 1.29 is 9.47 Å². The van der Waals surface area contributed by atoms with E-state index in [0.29, 0.717) is 0 Å². The fourth-order valence-corrected chi connectivity index (χ4v) is 1.77. The summed E-state index contributed by atoms with van der Waals surface area (Å²) in [4.78, 5) is 0. The van der Waals surface area contributed by atoms with E-state index in [2.05, 4.69) is 11.2 Å². The number of terminal acetylenes is 1. The monoisotopic (exact) mass is 233 g/mol. The number of ether oxygens (including phenoxy) is 2. The molecule has 0 aliphatic heterocycles. The summed E-state index contributed by atoms with van der Waals surface area (Å²) in [5.74, 6) is 4.14. The van der Waals surface area contributed by atoms with Gasteiger partial charge in [0.1, 0.15) is 0 Å². The van der Waals surface area contributed by atoms with Crippen LogP contribution in [0.2, 0.25) is 0 Å². The van der Waals surface area contributed by atoms with E-state index in [1.165, 1.54) is 0 Å². The van der Waals surface area contributed by atoms with Gasteiger partial charge in [-0.1, -0.05) is 6.07 Å². The smallest absolute Gasteiger partial charge is 0.161 e. The maximum absolute atomic E-state index is 5.29. The lowest BCUT2D eigenvalue weighted by molar-refractivity contribution is 0.354. The molecule has 0 saturated carbocycles. The summed E-state index contributed by atoms with van der Waals surface area (Å²) in [6, 6.07) is 6.16. The van der Waals surface area contributed by atoms with Crippen LogP contribution < -0.4 is 14.8 Å². The molecule has 0 saturated heterocycles. The second-order valence-electron chi connectivity index (χ2n) is 3.70. The van der Waals surface area contributed by atoms with Gasteiger partial charge in [0.2, 0.25) is 0 Å². The summed E-state index contributed by atoms with van der Waals surface area (Å²) in [6.45, 7) is 0. The molecule has 92 valence electrons. The zero-order valence-electron chi connectivity index (χ0n) is 10.6. The Bertz CT molecular complexity index is 396. The second kappa shape index (κ2) is 6.82. The first-order chi connectivity index (χ1) is 8.26. The highest BCUT2D eigenvalue weighted by Gasteiger charge is 2.11. The predicted molar refractivity (Wildman–Crippen MR) is 69.4 cm³/mol. The van der Waals surface area contributed by atoms with Crippen LogP contribution >= 0.6 is 0 Å². The van der Waals surface area contributed by atoms with Gasteiger partial charge in [0.25, 0.3) is 0 Å². The van der Waals surface area contributed by atoms with E-state index in [1.54, 1.807) is 14.2 Å². The van der Waals surface area contributed by atoms with Gasteiger partial charge >= 0.3 is 0 Å². The summed E-state index contributed by atoms with van der Waals surface area (Å²) in [6.07, 6.45) is 6.94. The molecule has 0 spiro atoms. The van der Waals surface area contributed by atoms with Crippen LogP contribution in [-0.4, -0.2) is 21.3 Å². The van der Waals surface area contributed by atoms with Crippen LogP contribution in [0, 0.1) is 12.3 Å². The van der Waals surface area contributed by atoms with Crippen LogP contribution in [0.15, 0.2) is 18.2 Å². The normalized spacial score (nSPS) is 11.6. The minimum absolute atomic E-state index is 0.242. The van der Waals surface area contributed by atoms with Crippen molar-refractivity contribution in [1.82, 2.24) is 5.32 Å². The fourth-order valence-electron chi connectivity index (χ4n) is 1.77. The largest absolute Gasteiger partial charge is 0.493 e. The Hall–Kier alpha value is -1.66. The lowest BCUT2D eigenvalue weighted by atomic mass is 10.0. The number of rotatable bonds is 6. The topological polar surface area (TPSA) is 30.5 Å². The Kier molecular flexibility index (Phi) is 5.38. The highest BCUT2D eigenvalue weighted by Crippen LogP contribution is 2.30. The van der Waals surface area contributed by atoms with E-state index < -0.39 is 0 Å². The molecule has 1 aromatic carbocycles. The van der Waals surface area contributed by atoms with E-state index in [4.69, 9.17) is 15.9 Å². The van der Waals surface area contributed by atoms with Crippen molar-refractivity contribution in [3.8, 4) is 23.8 Å². The molecule has 1 atom stereocenters. The molecular weight excluding hydrogens is 214 g/mol. The molecule has 1 N–H and O–H groups in total. The van der Waals surface area contributed by atoms with Crippen molar-refractivity contribution in [1.29, 1.82) is 0 Å². The summed E-state index contributed by atoms with van der Waals surface area (Å²) in [5, 5.41) is 3.25. The van der Waals surface area contributed by atoms with Crippen LogP contribution in [0.25, 0.3) is 0 Å². The average molecular weight is 233 g/mol. The summed E-state index contributed by atoms with van der Waals surface area (Å²) in [5.41, 5.74) is 1.15. The predicted octanol–water partition coefficient (Wildman–Crippen LogP) is 2.38. The third-order valence-corrected chi connectivity index (χ3v) is 2.74. The fraction of sp³-hybridized carbons (Fsp3) is 0.429. The molecule has 3 nitrogen and oxygen atoms in total. The van der Waals surface area contributed by atoms with Crippen molar-refractivity contribution in [3.05, 3.63) is 23.8 Å². The van der Waals surface area contributed by atoms with E-state index >= 15 is 0 Å². The van der Waals surface area contributed by atoms with Gasteiger partial charge in [-0.05, 0) is 31.2 Å². The quantitative estimate of drug-likeness (QED) is 0.765. The van der Waals surface area contributed by atoms with Gasteiger partial charge in [0.05, 0.1) is 14.2 Å². The second-order valence-corrected chi connectivity index (χ2v) is 3.70. The number of methoxy groups -OCH3 is 2. The molecule has 0 fully saturated rings. The Morgan fingerprint density at radius 1 is 1.29 bits per heavy atom. The molecule has 0 aliphatic rings. The Labute approximate surface area is 103 Å². The zero-order chi connectivity index (χ0) is 12.7. The minimum atomic E-state index is 0.242. The lowest BCUT2D eigenvalue weighted by Gasteiger charge is -2.17. The van der Waals surface area contributed by atoms with Gasteiger partial charge in [-0.3, -0.25) is 0 Å². The van der Waals surface area contributed by atoms with E-state index in [9.17, 15) is 0 Å². The molecule has 0 bridgehead atoms. The molecule has 0 aromatic heterocycles. The SMILES string of the molecule is C#CCCC(NC)c1ccc(OC)c(OC)c1. The summed E-state index contributed by atoms with van der Waals surface area (Å²) in [7, 11) is 5.20. The molecule has 0 radical (unpaired) electrons. The van der Waals surface area contributed by atoms with E-state index in [-0.39, 0.29) is 6.04 Å². The zero-order valence-corrected chi connectivity index (χ0v) is 10.6. The third kappa shape index (κ3) is 3.40. The number of benzene rings is 1. The van der Waals surface area contributed by atoms with Gasteiger partial charge in [-0.25, -0.2) is 0 Å². The van der Waals surface area contributed by atoms with Gasteiger partial charge in [-0.15, -0.1) is 12.3 Å². The molecule has 0 aliphatic carbocycles. The van der Waals surface area contributed by atoms with E-state index in [1.807, 2.05) is 25.2 Å². The maximum Gasteiger partial charge on any atom is 0.161 e. The summed E-state index contributed by atoms with van der Waals surface area (Å²) >= 11 is 0. The molecule has 1 rings (SSSR count). The van der Waals surface area contributed by atoms with Crippen molar-refractivity contribution in [2.45, 2.75) is 18.9 Å². The van der Waals surface area contributed by atoms with Crippen LogP contribution in [0.3, 0.4) is 0 Å². The molecule has 0 amide bonds. The first-order valence-corrected chi connectivity index (χ1v) is 5.59. The van der Waals surface area contributed by atoms with Crippen molar-refractivity contribution >= 4 is 0 Å². The van der Waals surface area contributed by atoms with Crippen molar-refractivity contribution in [3.63, 3.8) is 0 Å². The highest BCUT2D eigenvalue weighted by molar-refractivity contribution is 5.43. The van der Waals surface area contributed by atoms with Crippen molar-refractivity contribution in [2.75, 3.05) is 21.3 Å². The third-order valence-electron chi connectivity index (χ3n) is 2.74. The molecule has 1 unspecified atom stereocenters. The molecule has 3 heteroatoms. The first-order valence-electron chi connectivity index (χ1n) is 5.59. The molecule has 0 heterocycles. The van der Waals surface area contributed by atoms with Crippen molar-refractivity contribution in [2.24, 2.45) is 0 Å². The van der Waals surface area contributed by atoms with Crippen LogP contribution in [0.5, 0.6) is 11.5 Å². The Morgan fingerprint density at radius 2 is 2.00 bits per heavy atom. The first kappa shape index (κ1) is 13.4. The van der Waals surface area contributed by atoms with Gasteiger partial charge in [0, 0.05) is 12.5 Å². The van der Waals surface area contributed by atoms with E-state index in [0.717, 1.165) is 29.9 Å². The Morgan fingerprint density at radius 3 is 2.53 bits per heavy atom. The minimum Gasteiger partial charge on any atom is -0.493 e.